The van der Waals surface area contributed by atoms with Crippen molar-refractivity contribution in [2.45, 2.75) is 6.92 Å². The van der Waals surface area contributed by atoms with Crippen LogP contribution in [0.2, 0.25) is 0 Å². The van der Waals surface area contributed by atoms with E-state index in [-0.39, 0.29) is 0 Å². The molecule has 0 N–H and O–H groups in total. The Kier molecular flexibility index (Phi) is 2.65. The Hall–Kier alpha value is -1.56. The molecular weight excluding hydrogens is 150 g/mol. The fraction of sp³-hybridized carbons (Fsp3) is 0.333. The van der Waals surface area contributed by atoms with Gasteiger partial charge < -0.3 is 4.90 Å². The minimum atomic E-state index is 0.466. The van der Waals surface area contributed by atoms with E-state index in [9.17, 15) is 0 Å². The van der Waals surface area contributed by atoms with Gasteiger partial charge in [0, 0.05) is 13.6 Å². The van der Waals surface area contributed by atoms with Crippen LogP contribution in [-0.2, 0) is 0 Å². The van der Waals surface area contributed by atoms with E-state index in [0.717, 1.165) is 12.4 Å². The van der Waals surface area contributed by atoms with Crippen LogP contribution in [0, 0.1) is 11.3 Å². The highest BCUT2D eigenvalue weighted by Gasteiger charge is 1.99. The second kappa shape index (κ2) is 3.72. The van der Waals surface area contributed by atoms with Crippen molar-refractivity contribution in [3.63, 3.8) is 0 Å². The Morgan fingerprint density at radius 2 is 2.33 bits per heavy atom. The van der Waals surface area contributed by atoms with E-state index in [1.807, 2.05) is 37.1 Å². The van der Waals surface area contributed by atoms with Crippen molar-refractivity contribution in [2.24, 2.45) is 0 Å². The van der Waals surface area contributed by atoms with Crippen LogP contribution >= 0.6 is 0 Å². The molecule has 0 saturated carbocycles. The minimum Gasteiger partial charge on any atom is -0.360 e. The lowest BCUT2D eigenvalue weighted by Crippen LogP contribution is -2.17. The average molecular weight is 161 g/mol. The molecular formula is C9H11N3. The quantitative estimate of drug-likeness (QED) is 0.658. The van der Waals surface area contributed by atoms with Gasteiger partial charge in [-0.2, -0.15) is 5.26 Å². The fourth-order valence-electron chi connectivity index (χ4n) is 0.860. The van der Waals surface area contributed by atoms with E-state index in [2.05, 4.69) is 4.98 Å². The number of nitrogens with zero attached hydrogens (tertiary/aromatic N) is 3. The highest BCUT2D eigenvalue weighted by atomic mass is 15.2. The van der Waals surface area contributed by atoms with Crippen molar-refractivity contribution in [2.75, 3.05) is 18.5 Å². The molecule has 1 rings (SSSR count). The highest BCUT2D eigenvalue weighted by molar-refractivity contribution is 5.40. The standard InChI is InChI=1S/C9H11N3/c1-3-12(2)9-6-4-5-8(7-10)11-9/h4-6H,3H2,1-2H3. The van der Waals surface area contributed by atoms with Crippen molar-refractivity contribution in [1.29, 1.82) is 5.26 Å². The topological polar surface area (TPSA) is 39.9 Å². The molecule has 0 aliphatic rings. The van der Waals surface area contributed by atoms with Gasteiger partial charge in [-0.15, -0.1) is 0 Å². The smallest absolute Gasteiger partial charge is 0.142 e. The molecule has 0 aliphatic carbocycles. The van der Waals surface area contributed by atoms with E-state index in [1.54, 1.807) is 6.07 Å². The Bertz CT molecular complexity index is 301. The van der Waals surface area contributed by atoms with E-state index < -0.39 is 0 Å². The van der Waals surface area contributed by atoms with Gasteiger partial charge >= 0.3 is 0 Å². The second-order valence-electron chi connectivity index (χ2n) is 2.51. The zero-order chi connectivity index (χ0) is 8.97. The van der Waals surface area contributed by atoms with Crippen LogP contribution in [0.25, 0.3) is 0 Å². The zero-order valence-electron chi connectivity index (χ0n) is 7.28. The van der Waals surface area contributed by atoms with Gasteiger partial charge in [0.25, 0.3) is 0 Å². The first-order valence-electron chi connectivity index (χ1n) is 3.86. The van der Waals surface area contributed by atoms with Crippen LogP contribution in [0.3, 0.4) is 0 Å². The number of pyridine rings is 1. The van der Waals surface area contributed by atoms with Crippen LogP contribution in [0.1, 0.15) is 12.6 Å². The summed E-state index contributed by atoms with van der Waals surface area (Å²) in [6.45, 7) is 2.93. The van der Waals surface area contributed by atoms with Gasteiger partial charge in [0.1, 0.15) is 17.6 Å². The number of hydrogen-bond donors (Lipinski definition) is 0. The summed E-state index contributed by atoms with van der Waals surface area (Å²) >= 11 is 0. The summed E-state index contributed by atoms with van der Waals surface area (Å²) in [5.74, 6) is 0.844. The molecule has 0 spiro atoms. The fourth-order valence-corrected chi connectivity index (χ4v) is 0.860. The summed E-state index contributed by atoms with van der Waals surface area (Å²) in [4.78, 5) is 6.11. The third kappa shape index (κ3) is 1.73. The lowest BCUT2D eigenvalue weighted by atomic mass is 10.3. The van der Waals surface area contributed by atoms with Gasteiger partial charge in [0.2, 0.25) is 0 Å². The van der Waals surface area contributed by atoms with Crippen molar-refractivity contribution in [3.05, 3.63) is 23.9 Å². The summed E-state index contributed by atoms with van der Waals surface area (Å²) in [6.07, 6.45) is 0. The molecule has 0 aromatic carbocycles. The third-order valence-electron chi connectivity index (χ3n) is 1.71. The monoisotopic (exact) mass is 161 g/mol. The normalized spacial score (nSPS) is 9.08. The molecule has 1 aromatic rings. The van der Waals surface area contributed by atoms with Crippen molar-refractivity contribution < 1.29 is 0 Å². The first-order chi connectivity index (χ1) is 5.77. The van der Waals surface area contributed by atoms with Crippen LogP contribution < -0.4 is 4.90 Å². The number of aromatic nitrogens is 1. The number of hydrogen-bond acceptors (Lipinski definition) is 3. The van der Waals surface area contributed by atoms with Crippen LogP contribution in [0.5, 0.6) is 0 Å². The second-order valence-corrected chi connectivity index (χ2v) is 2.51. The maximum Gasteiger partial charge on any atom is 0.142 e. The van der Waals surface area contributed by atoms with Gasteiger partial charge in [0.05, 0.1) is 0 Å². The molecule has 62 valence electrons. The Morgan fingerprint density at radius 3 is 2.92 bits per heavy atom. The summed E-state index contributed by atoms with van der Waals surface area (Å²) in [6, 6.07) is 7.44. The molecule has 0 fully saturated rings. The first kappa shape index (κ1) is 8.54. The molecule has 0 unspecified atom stereocenters. The van der Waals surface area contributed by atoms with E-state index in [1.165, 1.54) is 0 Å². The summed E-state index contributed by atoms with van der Waals surface area (Å²) in [5, 5.41) is 8.59. The van der Waals surface area contributed by atoms with E-state index in [4.69, 9.17) is 5.26 Å². The minimum absolute atomic E-state index is 0.466. The molecule has 0 aliphatic heterocycles. The molecule has 3 heteroatoms. The van der Waals surface area contributed by atoms with E-state index >= 15 is 0 Å². The first-order valence-corrected chi connectivity index (χ1v) is 3.86. The maximum atomic E-state index is 8.59. The van der Waals surface area contributed by atoms with E-state index in [0.29, 0.717) is 5.69 Å². The predicted molar refractivity (Wildman–Crippen MR) is 47.9 cm³/mol. The molecule has 0 radical (unpaired) electrons. The summed E-state index contributed by atoms with van der Waals surface area (Å²) < 4.78 is 0. The third-order valence-corrected chi connectivity index (χ3v) is 1.71. The zero-order valence-corrected chi connectivity index (χ0v) is 7.28. The maximum absolute atomic E-state index is 8.59. The van der Waals surface area contributed by atoms with Crippen LogP contribution in [0.4, 0.5) is 5.82 Å². The number of anilines is 1. The summed E-state index contributed by atoms with van der Waals surface area (Å²) in [7, 11) is 1.95. The highest BCUT2D eigenvalue weighted by Crippen LogP contribution is 2.07. The molecule has 0 amide bonds. The number of rotatable bonds is 2. The Labute approximate surface area is 72.3 Å². The molecule has 1 heterocycles. The van der Waals surface area contributed by atoms with Gasteiger partial charge in [-0.1, -0.05) is 6.07 Å². The van der Waals surface area contributed by atoms with Crippen LogP contribution in [-0.4, -0.2) is 18.6 Å². The Balaban J connectivity index is 2.95. The van der Waals surface area contributed by atoms with Gasteiger partial charge in [-0.05, 0) is 19.1 Å². The lowest BCUT2D eigenvalue weighted by molar-refractivity contribution is 0.935. The van der Waals surface area contributed by atoms with Gasteiger partial charge in [0.15, 0.2) is 0 Å². The largest absolute Gasteiger partial charge is 0.360 e. The van der Waals surface area contributed by atoms with Crippen LogP contribution in [0.15, 0.2) is 18.2 Å². The molecule has 0 bridgehead atoms. The van der Waals surface area contributed by atoms with Crippen molar-refractivity contribution >= 4 is 5.82 Å². The predicted octanol–water partition coefficient (Wildman–Crippen LogP) is 1.41. The lowest BCUT2D eigenvalue weighted by Gasteiger charge is -2.14. The van der Waals surface area contributed by atoms with Gasteiger partial charge in [-0.3, -0.25) is 0 Å². The SMILES string of the molecule is CCN(C)c1cccc(C#N)n1. The molecule has 12 heavy (non-hydrogen) atoms. The van der Waals surface area contributed by atoms with Gasteiger partial charge in [-0.25, -0.2) is 4.98 Å². The number of nitriles is 1. The molecule has 0 atom stereocenters. The van der Waals surface area contributed by atoms with Crippen molar-refractivity contribution in [3.8, 4) is 6.07 Å². The average Bonchev–Trinajstić information content (AvgIpc) is 2.17. The summed E-state index contributed by atoms with van der Waals surface area (Å²) in [5.41, 5.74) is 0.466. The molecule has 3 nitrogen and oxygen atoms in total. The Morgan fingerprint density at radius 1 is 1.58 bits per heavy atom. The molecule has 1 aromatic heterocycles. The van der Waals surface area contributed by atoms with Crippen molar-refractivity contribution in [1.82, 2.24) is 4.98 Å². The molecule has 0 saturated heterocycles.